The van der Waals surface area contributed by atoms with Gasteiger partial charge in [-0.05, 0) is 50.2 Å². The fourth-order valence-corrected chi connectivity index (χ4v) is 3.64. The largest absolute Gasteiger partial charge is 0.573 e. The van der Waals surface area contributed by atoms with E-state index in [-0.39, 0.29) is 29.1 Å². The zero-order valence-electron chi connectivity index (χ0n) is 16.0. The third-order valence-corrected chi connectivity index (χ3v) is 4.97. The Balaban J connectivity index is 1.82. The summed E-state index contributed by atoms with van der Waals surface area (Å²) in [4.78, 5) is 15.8. The topological polar surface area (TPSA) is 115 Å². The zero-order valence-corrected chi connectivity index (χ0v) is 16.0. The highest BCUT2D eigenvalue weighted by atomic mass is 19.4. The van der Waals surface area contributed by atoms with Gasteiger partial charge in [0, 0.05) is 24.3 Å². The van der Waals surface area contributed by atoms with Crippen LogP contribution in [0.3, 0.4) is 0 Å². The number of alkyl halides is 3. The third-order valence-electron chi connectivity index (χ3n) is 4.97. The van der Waals surface area contributed by atoms with Crippen molar-refractivity contribution in [2.45, 2.75) is 37.8 Å². The molecule has 0 radical (unpaired) electrons. The fourth-order valence-electron chi connectivity index (χ4n) is 3.64. The Morgan fingerprint density at radius 2 is 2.07 bits per heavy atom. The van der Waals surface area contributed by atoms with E-state index in [0.29, 0.717) is 31.5 Å². The van der Waals surface area contributed by atoms with E-state index in [9.17, 15) is 23.1 Å². The monoisotopic (exact) mass is 425 g/mol. The van der Waals surface area contributed by atoms with E-state index in [0.717, 1.165) is 12.1 Å². The van der Waals surface area contributed by atoms with Gasteiger partial charge in [0.15, 0.2) is 5.82 Å². The molecule has 162 valence electrons. The van der Waals surface area contributed by atoms with Crippen LogP contribution in [0.2, 0.25) is 0 Å². The number of carbonyl (C=O) groups excluding carboxylic acids is 1. The first kappa shape index (κ1) is 21.6. The highest BCUT2D eigenvalue weighted by molar-refractivity contribution is 5.98. The van der Waals surface area contributed by atoms with Crippen LogP contribution in [-0.4, -0.2) is 46.5 Å². The lowest BCUT2D eigenvalue weighted by Gasteiger charge is -2.33. The van der Waals surface area contributed by atoms with Gasteiger partial charge in [-0.15, -0.1) is 13.2 Å². The molecule has 2 aromatic rings. The lowest BCUT2D eigenvalue weighted by Crippen LogP contribution is -2.32. The number of nitrogens with one attached hydrogen (secondary N) is 1. The summed E-state index contributed by atoms with van der Waals surface area (Å²) in [7, 11) is 0. The molecule has 1 amide bonds. The lowest BCUT2D eigenvalue weighted by atomic mass is 9.83. The van der Waals surface area contributed by atoms with Crippen molar-refractivity contribution in [2.75, 3.05) is 11.9 Å². The number of amides is 1. The van der Waals surface area contributed by atoms with Gasteiger partial charge >= 0.3 is 6.36 Å². The van der Waals surface area contributed by atoms with Crippen LogP contribution in [0, 0.1) is 5.92 Å². The quantitative estimate of drug-likeness (QED) is 0.590. The second-order valence-electron chi connectivity index (χ2n) is 7.13. The van der Waals surface area contributed by atoms with Crippen molar-refractivity contribution >= 4 is 24.1 Å². The summed E-state index contributed by atoms with van der Waals surface area (Å²) >= 11 is 0. The molecule has 30 heavy (non-hydrogen) atoms. The van der Waals surface area contributed by atoms with Crippen molar-refractivity contribution in [3.63, 3.8) is 0 Å². The van der Waals surface area contributed by atoms with Crippen LogP contribution in [0.1, 0.15) is 35.7 Å². The number of hydrogen-bond donors (Lipinski definition) is 3. The van der Waals surface area contributed by atoms with Gasteiger partial charge in [0.25, 0.3) is 5.91 Å². The Bertz CT molecular complexity index is 898. The molecule has 11 heteroatoms. The van der Waals surface area contributed by atoms with Crippen molar-refractivity contribution in [2.24, 2.45) is 16.6 Å². The summed E-state index contributed by atoms with van der Waals surface area (Å²) in [5.74, 6) is -0.883. The minimum atomic E-state index is -4.78. The number of halogens is 3. The maximum absolute atomic E-state index is 12.3. The SMILES string of the molecule is C=NC[C@H]1C[C@@H](O)CC[C@@H]1n1cc(C(N)=O)c(Nc2ccc(OC(F)(F)F)cc2)n1. The average molecular weight is 425 g/mol. The van der Waals surface area contributed by atoms with Crippen LogP contribution < -0.4 is 15.8 Å². The summed E-state index contributed by atoms with van der Waals surface area (Å²) in [6, 6.07) is 4.92. The fraction of sp³-hybridized carbons (Fsp3) is 0.421. The molecule has 0 spiro atoms. The van der Waals surface area contributed by atoms with Gasteiger partial charge in [-0.2, -0.15) is 5.10 Å². The molecule has 1 heterocycles. The van der Waals surface area contributed by atoms with Gasteiger partial charge in [-0.25, -0.2) is 0 Å². The summed E-state index contributed by atoms with van der Waals surface area (Å²) in [5, 5.41) is 17.3. The Hall–Kier alpha value is -3.08. The van der Waals surface area contributed by atoms with E-state index in [2.05, 4.69) is 26.9 Å². The van der Waals surface area contributed by atoms with Gasteiger partial charge < -0.3 is 25.9 Å². The van der Waals surface area contributed by atoms with Gasteiger partial charge in [-0.1, -0.05) is 0 Å². The van der Waals surface area contributed by atoms with Crippen LogP contribution in [0.5, 0.6) is 5.75 Å². The number of primary amides is 1. The minimum Gasteiger partial charge on any atom is -0.406 e. The van der Waals surface area contributed by atoms with Crippen molar-refractivity contribution in [1.82, 2.24) is 9.78 Å². The molecular formula is C19H22F3N5O3. The lowest BCUT2D eigenvalue weighted by molar-refractivity contribution is -0.274. The smallest absolute Gasteiger partial charge is 0.406 e. The maximum atomic E-state index is 12.3. The van der Waals surface area contributed by atoms with E-state index < -0.39 is 18.4 Å². The van der Waals surface area contributed by atoms with E-state index in [4.69, 9.17) is 5.73 Å². The highest BCUT2D eigenvalue weighted by Crippen LogP contribution is 2.35. The second kappa shape index (κ2) is 8.74. The number of aliphatic imine (C=N–C) groups is 1. The number of hydrogen-bond acceptors (Lipinski definition) is 6. The molecular weight excluding hydrogens is 403 g/mol. The standard InChI is InChI=1S/C19H22F3N5O3/c1-24-9-11-8-13(28)4-7-16(11)27-10-15(17(23)29)18(26-27)25-12-2-5-14(6-3-12)30-19(20,21)22/h2-3,5-6,10-11,13,16,28H,1,4,7-9H2,(H2,23,29)(H,25,26)/t11-,13+,16+/m1/s1. The molecule has 3 rings (SSSR count). The second-order valence-corrected chi connectivity index (χ2v) is 7.13. The Labute approximate surface area is 170 Å². The normalized spacial score (nSPS) is 21.8. The number of rotatable bonds is 7. The molecule has 1 aromatic heterocycles. The third kappa shape index (κ3) is 5.29. The number of aliphatic hydroxyl groups is 1. The van der Waals surface area contributed by atoms with Crippen molar-refractivity contribution in [3.8, 4) is 5.75 Å². The van der Waals surface area contributed by atoms with Crippen LogP contribution in [0.25, 0.3) is 0 Å². The molecule has 8 nitrogen and oxygen atoms in total. The molecule has 0 unspecified atom stereocenters. The number of benzene rings is 1. The van der Waals surface area contributed by atoms with E-state index >= 15 is 0 Å². The molecule has 4 N–H and O–H groups in total. The number of anilines is 2. The van der Waals surface area contributed by atoms with Crippen LogP contribution >= 0.6 is 0 Å². The first-order valence-electron chi connectivity index (χ1n) is 9.28. The van der Waals surface area contributed by atoms with Crippen molar-refractivity contribution < 1.29 is 27.8 Å². The number of nitrogens with two attached hydrogens (primary N) is 1. The predicted molar refractivity (Wildman–Crippen MR) is 104 cm³/mol. The first-order chi connectivity index (χ1) is 14.2. The maximum Gasteiger partial charge on any atom is 0.573 e. The molecule has 1 aromatic carbocycles. The molecule has 0 saturated heterocycles. The van der Waals surface area contributed by atoms with Gasteiger partial charge in [0.05, 0.1) is 12.1 Å². The highest BCUT2D eigenvalue weighted by Gasteiger charge is 2.33. The van der Waals surface area contributed by atoms with E-state index in [1.54, 1.807) is 4.68 Å². The molecule has 1 aliphatic rings. The van der Waals surface area contributed by atoms with Crippen molar-refractivity contribution in [3.05, 3.63) is 36.0 Å². The summed E-state index contributed by atoms with van der Waals surface area (Å²) in [6.45, 7) is 3.96. The molecule has 0 aliphatic heterocycles. The van der Waals surface area contributed by atoms with E-state index in [1.807, 2.05) is 0 Å². The van der Waals surface area contributed by atoms with Crippen LogP contribution in [0.15, 0.2) is 35.5 Å². The van der Waals surface area contributed by atoms with Gasteiger partial charge in [0.2, 0.25) is 0 Å². The molecule has 1 aliphatic carbocycles. The Morgan fingerprint density at radius 3 is 2.67 bits per heavy atom. The molecule has 3 atom stereocenters. The summed E-state index contributed by atoms with van der Waals surface area (Å²) in [6.07, 6.45) is -1.90. The summed E-state index contributed by atoms with van der Waals surface area (Å²) in [5.41, 5.74) is 6.02. The number of nitrogens with zero attached hydrogens (tertiary/aromatic N) is 3. The molecule has 1 saturated carbocycles. The number of ether oxygens (including phenoxy) is 1. The predicted octanol–water partition coefficient (Wildman–Crippen LogP) is 3.03. The van der Waals surface area contributed by atoms with Crippen molar-refractivity contribution in [1.29, 1.82) is 0 Å². The Morgan fingerprint density at radius 1 is 1.37 bits per heavy atom. The number of aromatic nitrogens is 2. The van der Waals surface area contributed by atoms with Crippen LogP contribution in [-0.2, 0) is 0 Å². The minimum absolute atomic E-state index is 0.00136. The number of aliphatic hydroxyl groups excluding tert-OH is 1. The van der Waals surface area contributed by atoms with Crippen LogP contribution in [0.4, 0.5) is 24.7 Å². The Kier molecular flexibility index (Phi) is 6.30. The van der Waals surface area contributed by atoms with Gasteiger partial charge in [-0.3, -0.25) is 9.48 Å². The first-order valence-corrected chi connectivity index (χ1v) is 9.28. The molecule has 1 fully saturated rings. The summed E-state index contributed by atoms with van der Waals surface area (Å²) < 4.78 is 42.3. The van der Waals surface area contributed by atoms with Gasteiger partial charge in [0.1, 0.15) is 11.3 Å². The van der Waals surface area contributed by atoms with E-state index in [1.165, 1.54) is 18.3 Å². The molecule has 0 bridgehead atoms. The zero-order chi connectivity index (χ0) is 21.9. The number of carbonyl (C=O) groups is 1. The average Bonchev–Trinajstić information content (AvgIpc) is 3.06.